The van der Waals surface area contributed by atoms with Crippen molar-refractivity contribution in [3.8, 4) is 17.6 Å². The Morgan fingerprint density at radius 2 is 2.00 bits per heavy atom. The Bertz CT molecular complexity index is 691. The second-order valence-corrected chi connectivity index (χ2v) is 6.51. The number of imide groups is 1. The highest BCUT2D eigenvalue weighted by Gasteiger charge is 2.22. The molecule has 0 radical (unpaired) electrons. The zero-order valence-corrected chi connectivity index (χ0v) is 14.9. The Kier molecular flexibility index (Phi) is 6.57. The van der Waals surface area contributed by atoms with Crippen LogP contribution < -0.4 is 10.1 Å². The topological polar surface area (TPSA) is 129 Å². The smallest absolute Gasteiger partial charge is 0.422 e. The van der Waals surface area contributed by atoms with Crippen LogP contribution in [0.15, 0.2) is 10.5 Å². The van der Waals surface area contributed by atoms with Crippen LogP contribution in [-0.4, -0.2) is 34.6 Å². The lowest BCUT2D eigenvalue weighted by Crippen LogP contribution is -2.37. The Morgan fingerprint density at radius 3 is 2.50 bits per heavy atom. The normalized spacial score (nSPS) is 10.7. The number of nitriles is 1. The summed E-state index contributed by atoms with van der Waals surface area (Å²) in [5.41, 5.74) is -0.787. The van der Waals surface area contributed by atoms with Gasteiger partial charge in [-0.15, -0.1) is 0 Å². The van der Waals surface area contributed by atoms with Gasteiger partial charge in [-0.05, 0) is 26.8 Å². The first kappa shape index (κ1) is 19.7. The number of hydrogen-bond acceptors (Lipinski definition) is 7. The summed E-state index contributed by atoms with van der Waals surface area (Å²) >= 11 is 3.16. The van der Waals surface area contributed by atoms with Crippen molar-refractivity contribution in [2.24, 2.45) is 0 Å². The summed E-state index contributed by atoms with van der Waals surface area (Å²) in [6.07, 6.45) is -2.07. The third-order valence-electron chi connectivity index (χ3n) is 2.59. The van der Waals surface area contributed by atoms with Crippen molar-refractivity contribution in [3.05, 3.63) is 21.7 Å². The molecule has 0 saturated heterocycles. The summed E-state index contributed by atoms with van der Waals surface area (Å²) in [6, 6.07) is 3.00. The van der Waals surface area contributed by atoms with Gasteiger partial charge in [0, 0.05) is 23.1 Å². The molecular weight excluding hydrogens is 384 g/mol. The van der Waals surface area contributed by atoms with Gasteiger partial charge in [0.1, 0.15) is 23.0 Å². The molecule has 0 aliphatic carbocycles. The molecule has 0 fully saturated rings. The third kappa shape index (κ3) is 5.40. The molecule has 8 nitrogen and oxygen atoms in total. The number of phenols is 1. The van der Waals surface area contributed by atoms with E-state index in [9.17, 15) is 14.7 Å². The Hall–Kier alpha value is -2.31. The number of ether oxygens (including phenoxy) is 2. The van der Waals surface area contributed by atoms with Gasteiger partial charge in [0.05, 0.1) is 0 Å². The summed E-state index contributed by atoms with van der Waals surface area (Å²) < 4.78 is 10.1. The number of phenolic OH excluding ortho intramolecular Hbond substituents is 1. The maximum Gasteiger partial charge on any atom is 0.422 e. The largest absolute Gasteiger partial charge is 0.506 e. The van der Waals surface area contributed by atoms with Gasteiger partial charge >= 0.3 is 12.2 Å². The molecular formula is C15H17BrN2O6. The van der Waals surface area contributed by atoms with Crippen LogP contribution in [0.2, 0.25) is 0 Å². The molecule has 0 aliphatic heterocycles. The van der Waals surface area contributed by atoms with Crippen LogP contribution in [0, 0.1) is 11.3 Å². The van der Waals surface area contributed by atoms with E-state index in [4.69, 9.17) is 19.8 Å². The molecule has 0 aliphatic rings. The number of benzene rings is 1. The highest BCUT2D eigenvalue weighted by molar-refractivity contribution is 9.10. The van der Waals surface area contributed by atoms with Crippen molar-refractivity contribution < 1.29 is 29.3 Å². The molecule has 0 atom stereocenters. The Morgan fingerprint density at radius 1 is 1.38 bits per heavy atom. The molecule has 24 heavy (non-hydrogen) atoms. The number of amides is 2. The zero-order valence-electron chi connectivity index (χ0n) is 13.3. The fraction of sp³-hybridized carbons (Fsp3) is 0.400. The lowest BCUT2D eigenvalue weighted by molar-refractivity contribution is 0.0533. The molecule has 130 valence electrons. The Labute approximate surface area is 147 Å². The highest BCUT2D eigenvalue weighted by Crippen LogP contribution is 2.37. The van der Waals surface area contributed by atoms with Crippen molar-refractivity contribution in [2.75, 3.05) is 6.61 Å². The number of hydrogen-bond donors (Lipinski definition) is 3. The first-order chi connectivity index (χ1) is 11.1. The first-order valence-corrected chi connectivity index (χ1v) is 7.65. The molecule has 3 N–H and O–H groups in total. The second kappa shape index (κ2) is 7.99. The van der Waals surface area contributed by atoms with Crippen molar-refractivity contribution in [2.45, 2.75) is 32.8 Å². The minimum absolute atomic E-state index is 0.103. The van der Waals surface area contributed by atoms with Gasteiger partial charge in [-0.1, -0.05) is 15.9 Å². The molecule has 1 rings (SSSR count). The minimum atomic E-state index is -1.16. The number of nitrogens with zero attached hydrogens (tertiary/aromatic N) is 1. The summed E-state index contributed by atoms with van der Waals surface area (Å²) in [5.74, 6) is -0.661. The van der Waals surface area contributed by atoms with Gasteiger partial charge in [-0.3, -0.25) is 0 Å². The predicted molar refractivity (Wildman–Crippen MR) is 86.7 cm³/mol. The van der Waals surface area contributed by atoms with Crippen molar-refractivity contribution >= 4 is 28.1 Å². The van der Waals surface area contributed by atoms with Crippen molar-refractivity contribution in [1.29, 1.82) is 5.26 Å². The lowest BCUT2D eigenvalue weighted by atomic mass is 10.1. The Balaban J connectivity index is 2.97. The summed E-state index contributed by atoms with van der Waals surface area (Å²) in [4.78, 5) is 23.2. The van der Waals surface area contributed by atoms with E-state index in [0.29, 0.717) is 10.0 Å². The van der Waals surface area contributed by atoms with Gasteiger partial charge in [-0.2, -0.15) is 5.26 Å². The molecule has 0 bridgehead atoms. The zero-order chi connectivity index (χ0) is 18.5. The van der Waals surface area contributed by atoms with Crippen molar-refractivity contribution in [3.63, 3.8) is 0 Å². The number of carbonyl (C=O) groups is 2. The van der Waals surface area contributed by atoms with Crippen LogP contribution in [0.3, 0.4) is 0 Å². The molecule has 0 aromatic heterocycles. The molecule has 0 spiro atoms. The average Bonchev–Trinajstić information content (AvgIpc) is 2.41. The minimum Gasteiger partial charge on any atom is -0.506 e. The van der Waals surface area contributed by atoms with Crippen LogP contribution >= 0.6 is 15.9 Å². The van der Waals surface area contributed by atoms with E-state index in [1.807, 2.05) is 5.32 Å². The number of aromatic hydroxyl groups is 1. The molecule has 1 aromatic rings. The number of rotatable bonds is 3. The molecule has 0 unspecified atom stereocenters. The summed E-state index contributed by atoms with van der Waals surface area (Å²) in [5, 5.41) is 30.0. The van der Waals surface area contributed by atoms with E-state index in [2.05, 4.69) is 15.9 Å². The summed E-state index contributed by atoms with van der Waals surface area (Å²) in [7, 11) is 0. The van der Waals surface area contributed by atoms with Crippen LogP contribution in [0.5, 0.6) is 11.5 Å². The number of aliphatic hydroxyl groups is 1. The monoisotopic (exact) mass is 400 g/mol. The molecule has 0 heterocycles. The van der Waals surface area contributed by atoms with E-state index in [1.54, 1.807) is 26.8 Å². The lowest BCUT2D eigenvalue weighted by Gasteiger charge is -2.19. The fourth-order valence-electron chi connectivity index (χ4n) is 1.71. The first-order valence-electron chi connectivity index (χ1n) is 6.86. The van der Waals surface area contributed by atoms with E-state index in [0.717, 1.165) is 0 Å². The number of halogens is 1. The summed E-state index contributed by atoms with van der Waals surface area (Å²) in [6.45, 7) is 4.64. The molecule has 1 aromatic carbocycles. The molecule has 0 saturated carbocycles. The van der Waals surface area contributed by atoms with Crippen LogP contribution in [0.4, 0.5) is 9.59 Å². The quantitative estimate of drug-likeness (QED) is 0.710. The number of aliphatic hydroxyl groups excluding tert-OH is 1. The highest BCUT2D eigenvalue weighted by atomic mass is 79.9. The van der Waals surface area contributed by atoms with Crippen molar-refractivity contribution in [1.82, 2.24) is 5.32 Å². The van der Waals surface area contributed by atoms with Gasteiger partial charge in [0.2, 0.25) is 0 Å². The maximum atomic E-state index is 11.7. The van der Waals surface area contributed by atoms with E-state index >= 15 is 0 Å². The fourth-order valence-corrected chi connectivity index (χ4v) is 2.30. The van der Waals surface area contributed by atoms with Crippen LogP contribution in [0.25, 0.3) is 0 Å². The van der Waals surface area contributed by atoms with E-state index in [-0.39, 0.29) is 24.3 Å². The predicted octanol–water partition coefficient (Wildman–Crippen LogP) is 2.58. The number of nitrogens with one attached hydrogen (secondary N) is 1. The van der Waals surface area contributed by atoms with Gasteiger partial charge < -0.3 is 19.7 Å². The standard InChI is InChI=1S/C15H17BrN2O6/c1-15(2,3)24-14(22)18-13(21)23-11-6-10(16)8(4-5-19)12(20)9(11)7-17/h6,19-20H,4-5H2,1-3H3,(H,18,21,22). The van der Waals surface area contributed by atoms with Crippen LogP contribution in [-0.2, 0) is 11.2 Å². The molecule has 2 amide bonds. The van der Waals surface area contributed by atoms with Gasteiger partial charge in [0.25, 0.3) is 0 Å². The maximum absolute atomic E-state index is 11.7. The second-order valence-electron chi connectivity index (χ2n) is 5.66. The van der Waals surface area contributed by atoms with Gasteiger partial charge in [0.15, 0.2) is 5.75 Å². The SMILES string of the molecule is CC(C)(C)OC(=O)NC(=O)Oc1cc(Br)c(CCO)c(O)c1C#N. The number of alkyl carbamates (subject to hydrolysis) is 1. The van der Waals surface area contributed by atoms with Gasteiger partial charge in [-0.25, -0.2) is 14.9 Å². The third-order valence-corrected chi connectivity index (χ3v) is 3.30. The molecule has 9 heteroatoms. The average molecular weight is 401 g/mol. The van der Waals surface area contributed by atoms with E-state index in [1.165, 1.54) is 6.07 Å². The van der Waals surface area contributed by atoms with E-state index < -0.39 is 23.5 Å². The van der Waals surface area contributed by atoms with Crippen LogP contribution in [0.1, 0.15) is 31.9 Å². The number of carbonyl (C=O) groups excluding carboxylic acids is 2.